The smallest absolute Gasteiger partial charge is 0.485 e. The molecule has 0 spiro atoms. The molecule has 0 saturated carbocycles. The summed E-state index contributed by atoms with van der Waals surface area (Å²) >= 11 is 6.74. The van der Waals surface area contributed by atoms with E-state index in [1.165, 1.54) is 12.1 Å². The van der Waals surface area contributed by atoms with Crippen molar-refractivity contribution in [1.82, 2.24) is 24.5 Å². The van der Waals surface area contributed by atoms with Gasteiger partial charge in [-0.05, 0) is 53.0 Å². The maximum atomic E-state index is 14.5. The van der Waals surface area contributed by atoms with Crippen LogP contribution in [-0.2, 0) is 32.0 Å². The van der Waals surface area contributed by atoms with Crippen molar-refractivity contribution in [2.75, 3.05) is 5.32 Å². The summed E-state index contributed by atoms with van der Waals surface area (Å²) in [6.45, 7) is 2.76. The average molecular weight is 592 g/mol. The van der Waals surface area contributed by atoms with E-state index in [0.717, 1.165) is 5.56 Å². The Morgan fingerprint density at radius 3 is 2.63 bits per heavy atom. The molecule has 1 aliphatic rings. The van der Waals surface area contributed by atoms with Crippen molar-refractivity contribution >= 4 is 45.7 Å². The van der Waals surface area contributed by atoms with Gasteiger partial charge in [-0.2, -0.15) is 10.2 Å². The normalized spacial score (nSPS) is 13.5. The lowest BCUT2D eigenvalue weighted by atomic mass is 9.47. The van der Waals surface area contributed by atoms with E-state index in [4.69, 9.17) is 32.0 Å². The van der Waals surface area contributed by atoms with E-state index < -0.39 is 18.1 Å². The molecule has 212 valence electrons. The number of rotatable bonds is 5. The van der Waals surface area contributed by atoms with Crippen LogP contribution in [0.15, 0.2) is 60.9 Å². The van der Waals surface area contributed by atoms with Gasteiger partial charge in [0.1, 0.15) is 12.4 Å². The van der Waals surface area contributed by atoms with Crippen molar-refractivity contribution in [2.45, 2.75) is 31.8 Å². The average Bonchev–Trinajstić information content (AvgIpc) is 3.55. The first-order valence-electron chi connectivity index (χ1n) is 13.6. The van der Waals surface area contributed by atoms with E-state index in [-0.39, 0.29) is 11.8 Å². The van der Waals surface area contributed by atoms with Gasteiger partial charge < -0.3 is 20.1 Å². The second-order valence-electron chi connectivity index (χ2n) is 10.4. The van der Waals surface area contributed by atoms with E-state index in [2.05, 4.69) is 20.5 Å². The summed E-state index contributed by atoms with van der Waals surface area (Å²) in [6, 6.07) is 13.0. The molecule has 3 N–H and O–H groups in total. The minimum Gasteiger partial charge on any atom is -0.485 e. The highest BCUT2D eigenvalue weighted by molar-refractivity contribution is 6.58. The van der Waals surface area contributed by atoms with Crippen LogP contribution in [0.2, 0.25) is 5.15 Å². The predicted octanol–water partition coefficient (Wildman–Crippen LogP) is 2.88. The number of hydrogen-bond donors (Lipinski definition) is 3. The highest BCUT2D eigenvalue weighted by atomic mass is 35.5. The standard InChI is InChI=1S/C29H25B3ClFN6O3/c1-3-40-26-17-11-23(28(36-13-17)35-12-16-4-6-19(7-5-16)32(41)42)43-15-18-10-20(34)8-9-21(18)25-22(14-39(2)37-25)29(30,31)24(26)27(33)38-40/h4-11,13-14,41-42H,3,12,15H2,1-2H3,(H,35,36). The van der Waals surface area contributed by atoms with Gasteiger partial charge in [-0.15, -0.1) is 0 Å². The summed E-state index contributed by atoms with van der Waals surface area (Å²) in [5.74, 6) is 0.392. The fourth-order valence-electron chi connectivity index (χ4n) is 5.32. The first kappa shape index (κ1) is 29.0. The Hall–Kier alpha value is -4.06. The molecular weight excluding hydrogens is 567 g/mol. The Morgan fingerprint density at radius 1 is 1.14 bits per heavy atom. The minimum atomic E-state index is -1.64. The van der Waals surface area contributed by atoms with Crippen molar-refractivity contribution in [2.24, 2.45) is 7.05 Å². The number of anilines is 1. The van der Waals surface area contributed by atoms with Crippen LogP contribution in [0.1, 0.15) is 29.2 Å². The first-order valence-corrected chi connectivity index (χ1v) is 13.9. The Morgan fingerprint density at radius 2 is 1.91 bits per heavy atom. The molecular formula is C29H25B3ClFN6O3. The van der Waals surface area contributed by atoms with E-state index in [1.54, 1.807) is 65.2 Å². The molecule has 1 aliphatic heterocycles. The van der Waals surface area contributed by atoms with E-state index in [9.17, 15) is 14.4 Å². The zero-order chi connectivity index (χ0) is 30.5. The number of halogens is 2. The number of aromatic nitrogens is 5. The third-order valence-corrected chi connectivity index (χ3v) is 7.73. The molecule has 5 aromatic rings. The maximum Gasteiger partial charge on any atom is 0.488 e. The van der Waals surface area contributed by atoms with Gasteiger partial charge in [0.05, 0.1) is 27.1 Å². The molecule has 0 saturated heterocycles. The van der Waals surface area contributed by atoms with E-state index in [0.29, 0.717) is 69.3 Å². The zero-order valence-electron chi connectivity index (χ0n) is 23.4. The minimum absolute atomic E-state index is 0.00516. The van der Waals surface area contributed by atoms with Gasteiger partial charge in [0.25, 0.3) is 0 Å². The van der Waals surface area contributed by atoms with E-state index >= 15 is 0 Å². The molecule has 4 heterocycles. The number of pyridine rings is 1. The highest BCUT2D eigenvalue weighted by Gasteiger charge is 2.36. The quantitative estimate of drug-likeness (QED) is 0.270. The van der Waals surface area contributed by atoms with Gasteiger partial charge in [0.15, 0.2) is 16.7 Å². The van der Waals surface area contributed by atoms with Crippen LogP contribution in [0.4, 0.5) is 10.2 Å². The molecule has 0 atom stereocenters. The summed E-state index contributed by atoms with van der Waals surface area (Å²) in [4.78, 5) is 4.67. The molecule has 0 amide bonds. The van der Waals surface area contributed by atoms with Crippen molar-refractivity contribution in [3.63, 3.8) is 0 Å². The molecule has 43 heavy (non-hydrogen) atoms. The number of hydrogen-bond acceptors (Lipinski definition) is 7. The number of nitrogens with one attached hydrogen (secondary N) is 1. The van der Waals surface area contributed by atoms with Crippen LogP contribution in [0.3, 0.4) is 0 Å². The summed E-state index contributed by atoms with van der Waals surface area (Å²) in [7, 11) is 14.1. The topological polar surface area (TPSA) is 110 Å². The molecule has 6 rings (SSSR count). The highest BCUT2D eigenvalue weighted by Crippen LogP contribution is 2.44. The van der Waals surface area contributed by atoms with Crippen molar-refractivity contribution < 1.29 is 19.2 Å². The van der Waals surface area contributed by atoms with Crippen LogP contribution < -0.4 is 15.5 Å². The third kappa shape index (κ3) is 5.33. The Labute approximate surface area is 255 Å². The first-order chi connectivity index (χ1) is 20.6. The molecule has 2 bridgehead atoms. The van der Waals surface area contributed by atoms with E-state index in [1.807, 2.05) is 6.92 Å². The summed E-state index contributed by atoms with van der Waals surface area (Å²) in [5, 5.41) is 29.7. The molecule has 4 radical (unpaired) electrons. The van der Waals surface area contributed by atoms with Gasteiger partial charge in [-0.3, -0.25) is 9.36 Å². The van der Waals surface area contributed by atoms with Gasteiger partial charge >= 0.3 is 7.12 Å². The van der Waals surface area contributed by atoms with Crippen molar-refractivity contribution in [1.29, 1.82) is 0 Å². The lowest BCUT2D eigenvalue weighted by Crippen LogP contribution is -2.30. The fraction of sp³-hybridized carbons (Fsp3) is 0.207. The molecule has 14 heteroatoms. The lowest BCUT2D eigenvalue weighted by molar-refractivity contribution is 0.306. The summed E-state index contributed by atoms with van der Waals surface area (Å²) in [5.41, 5.74) is 4.91. The Balaban J connectivity index is 1.51. The van der Waals surface area contributed by atoms with Gasteiger partial charge in [0.2, 0.25) is 0 Å². The van der Waals surface area contributed by atoms with Crippen LogP contribution in [-0.4, -0.2) is 57.4 Å². The monoisotopic (exact) mass is 592 g/mol. The number of fused-ring (bicyclic) bond motifs is 7. The van der Waals surface area contributed by atoms with Gasteiger partial charge in [-0.1, -0.05) is 35.9 Å². The van der Waals surface area contributed by atoms with Crippen molar-refractivity contribution in [3.8, 4) is 28.3 Å². The molecule has 0 unspecified atom stereocenters. The fourth-order valence-corrected chi connectivity index (χ4v) is 5.66. The summed E-state index contributed by atoms with van der Waals surface area (Å²) in [6.07, 6.45) is 3.38. The molecule has 0 aliphatic carbocycles. The Kier molecular flexibility index (Phi) is 7.58. The predicted molar refractivity (Wildman–Crippen MR) is 165 cm³/mol. The SMILES string of the molecule is [B]C1([B])c2cn(C)nc2-c2ccc(F)cc2COc2cc(cnc2NCc2ccc(B(O)O)cc2)-c2c1c(Cl)nn2CC. The summed E-state index contributed by atoms with van der Waals surface area (Å²) < 4.78 is 24.2. The van der Waals surface area contributed by atoms with Crippen molar-refractivity contribution in [3.05, 3.63) is 94.1 Å². The van der Waals surface area contributed by atoms with Gasteiger partial charge in [0, 0.05) is 54.8 Å². The molecule has 0 fully saturated rings. The molecule has 3 aromatic heterocycles. The van der Waals surface area contributed by atoms with Crippen LogP contribution in [0.25, 0.3) is 22.5 Å². The number of nitrogens with zero attached hydrogens (tertiary/aromatic N) is 5. The molecule has 2 aromatic carbocycles. The lowest BCUT2D eigenvalue weighted by Gasteiger charge is -2.28. The van der Waals surface area contributed by atoms with Crippen LogP contribution in [0.5, 0.6) is 5.75 Å². The van der Waals surface area contributed by atoms with Crippen LogP contribution in [0, 0.1) is 5.82 Å². The Bertz CT molecular complexity index is 1830. The zero-order valence-corrected chi connectivity index (χ0v) is 24.2. The number of ether oxygens (including phenoxy) is 1. The maximum absolute atomic E-state index is 14.5. The van der Waals surface area contributed by atoms with Crippen LogP contribution >= 0.6 is 11.6 Å². The number of aryl methyl sites for hydroxylation is 2. The largest absolute Gasteiger partial charge is 0.488 e. The molecule has 9 nitrogen and oxygen atoms in total. The van der Waals surface area contributed by atoms with Gasteiger partial charge in [-0.25, -0.2) is 9.37 Å². The second kappa shape index (κ2) is 11.2. The third-order valence-electron chi connectivity index (χ3n) is 7.47. The second-order valence-corrected chi connectivity index (χ2v) is 10.8. The number of benzene rings is 2.